The van der Waals surface area contributed by atoms with E-state index in [0.29, 0.717) is 0 Å². The van der Waals surface area contributed by atoms with E-state index in [0.717, 1.165) is 19.6 Å². The first-order valence-electron chi connectivity index (χ1n) is 6.86. The van der Waals surface area contributed by atoms with Gasteiger partial charge < -0.3 is 10.2 Å². The lowest BCUT2D eigenvalue weighted by atomic mass is 10.2. The summed E-state index contributed by atoms with van der Waals surface area (Å²) in [7, 11) is 0. The normalized spacial score (nSPS) is 10.5. The molecule has 0 bridgehead atoms. The molecule has 1 N–H and O–H groups in total. The second kappa shape index (κ2) is 6.62. The van der Waals surface area contributed by atoms with Gasteiger partial charge in [-0.3, -0.25) is 0 Å². The summed E-state index contributed by atoms with van der Waals surface area (Å²) in [4.78, 5) is 3.76. The topological polar surface area (TPSA) is 15.3 Å². The summed E-state index contributed by atoms with van der Waals surface area (Å²) < 4.78 is 0. The van der Waals surface area contributed by atoms with Crippen LogP contribution in [0.3, 0.4) is 0 Å². The molecule has 0 aliphatic carbocycles. The van der Waals surface area contributed by atoms with Gasteiger partial charge in [0.2, 0.25) is 0 Å². The fraction of sp³-hybridized carbons (Fsp3) is 0.375. The highest BCUT2D eigenvalue weighted by atomic mass is 32.1. The van der Waals surface area contributed by atoms with E-state index >= 15 is 0 Å². The van der Waals surface area contributed by atoms with Gasteiger partial charge in [0, 0.05) is 35.9 Å². The van der Waals surface area contributed by atoms with E-state index in [1.807, 2.05) is 11.3 Å². The molecule has 1 heterocycles. The molecule has 0 aliphatic rings. The number of aryl methyl sites for hydroxylation is 1. The summed E-state index contributed by atoms with van der Waals surface area (Å²) >= 11 is 1.81. The van der Waals surface area contributed by atoms with Crippen molar-refractivity contribution in [3.8, 4) is 0 Å². The number of hydrogen-bond acceptors (Lipinski definition) is 3. The van der Waals surface area contributed by atoms with Gasteiger partial charge >= 0.3 is 0 Å². The number of anilines is 2. The van der Waals surface area contributed by atoms with Crippen molar-refractivity contribution in [1.82, 2.24) is 0 Å². The molecule has 0 saturated heterocycles. The predicted molar refractivity (Wildman–Crippen MR) is 86.4 cm³/mol. The first kappa shape index (κ1) is 13.9. The van der Waals surface area contributed by atoms with Gasteiger partial charge in [-0.25, -0.2) is 0 Å². The van der Waals surface area contributed by atoms with Crippen molar-refractivity contribution in [2.75, 3.05) is 23.3 Å². The maximum atomic E-state index is 3.48. The van der Waals surface area contributed by atoms with Crippen molar-refractivity contribution in [1.29, 1.82) is 0 Å². The fourth-order valence-corrected chi connectivity index (χ4v) is 2.99. The molecule has 2 aromatic rings. The van der Waals surface area contributed by atoms with Crippen molar-refractivity contribution in [3.63, 3.8) is 0 Å². The van der Waals surface area contributed by atoms with Crippen LogP contribution >= 0.6 is 11.3 Å². The molecule has 1 aromatic heterocycles. The van der Waals surface area contributed by atoms with Gasteiger partial charge in [-0.15, -0.1) is 11.3 Å². The number of rotatable bonds is 6. The zero-order valence-electron chi connectivity index (χ0n) is 11.9. The first-order valence-corrected chi connectivity index (χ1v) is 7.74. The molecule has 0 aliphatic heterocycles. The summed E-state index contributed by atoms with van der Waals surface area (Å²) in [6, 6.07) is 10.9. The van der Waals surface area contributed by atoms with E-state index < -0.39 is 0 Å². The molecule has 2 nitrogen and oxygen atoms in total. The Balaban J connectivity index is 1.97. The fourth-order valence-electron chi connectivity index (χ4n) is 2.15. The maximum absolute atomic E-state index is 3.48. The van der Waals surface area contributed by atoms with E-state index in [1.165, 1.54) is 21.8 Å². The van der Waals surface area contributed by atoms with Gasteiger partial charge in [0.05, 0.1) is 0 Å². The highest BCUT2D eigenvalue weighted by molar-refractivity contribution is 7.10. The lowest BCUT2D eigenvalue weighted by molar-refractivity contribution is 0.866. The molecule has 19 heavy (non-hydrogen) atoms. The molecule has 0 spiro atoms. The standard InChI is InChI=1S/C16H22N2S/c1-4-18(5-2)15-8-6-14(7-9-15)17-12-16-13(3)10-11-19-16/h6-11,17H,4-5,12H2,1-3H3. The van der Waals surface area contributed by atoms with Crippen molar-refractivity contribution in [3.05, 3.63) is 46.2 Å². The number of nitrogens with one attached hydrogen (secondary N) is 1. The number of thiophene rings is 1. The Bertz CT molecular complexity index is 498. The second-order valence-corrected chi connectivity index (χ2v) is 5.60. The van der Waals surface area contributed by atoms with Crippen LogP contribution in [0.4, 0.5) is 11.4 Å². The van der Waals surface area contributed by atoms with Crippen molar-refractivity contribution in [2.24, 2.45) is 0 Å². The molecule has 0 fully saturated rings. The lowest BCUT2D eigenvalue weighted by Crippen LogP contribution is -2.21. The van der Waals surface area contributed by atoms with Crippen LogP contribution in [0.1, 0.15) is 24.3 Å². The quantitative estimate of drug-likeness (QED) is 0.833. The Morgan fingerprint density at radius 1 is 1.05 bits per heavy atom. The summed E-state index contributed by atoms with van der Waals surface area (Å²) in [6.07, 6.45) is 0. The Morgan fingerprint density at radius 3 is 2.26 bits per heavy atom. The van der Waals surface area contributed by atoms with Crippen LogP contribution in [0.25, 0.3) is 0 Å². The van der Waals surface area contributed by atoms with Gasteiger partial charge in [0.25, 0.3) is 0 Å². The minimum atomic E-state index is 0.911. The number of hydrogen-bond donors (Lipinski definition) is 1. The molecule has 2 rings (SSSR count). The monoisotopic (exact) mass is 274 g/mol. The molecule has 1 aromatic carbocycles. The summed E-state index contributed by atoms with van der Waals surface area (Å²) in [5, 5.41) is 5.63. The van der Waals surface area contributed by atoms with Crippen LogP contribution in [0, 0.1) is 6.92 Å². The third-order valence-corrected chi connectivity index (χ3v) is 4.44. The van der Waals surface area contributed by atoms with Crippen LogP contribution in [0.15, 0.2) is 35.7 Å². The number of benzene rings is 1. The highest BCUT2D eigenvalue weighted by Gasteiger charge is 2.02. The predicted octanol–water partition coefficient (Wildman–Crippen LogP) is 4.51. The van der Waals surface area contributed by atoms with Gasteiger partial charge in [-0.05, 0) is 62.0 Å². The van der Waals surface area contributed by atoms with Crippen LogP contribution in [-0.2, 0) is 6.54 Å². The summed E-state index contributed by atoms with van der Waals surface area (Å²) in [5.74, 6) is 0. The zero-order chi connectivity index (χ0) is 13.7. The average molecular weight is 274 g/mol. The van der Waals surface area contributed by atoms with Gasteiger partial charge in [-0.2, -0.15) is 0 Å². The summed E-state index contributed by atoms with van der Waals surface area (Å²) in [5.41, 5.74) is 3.85. The van der Waals surface area contributed by atoms with Crippen molar-refractivity contribution >= 4 is 22.7 Å². The van der Waals surface area contributed by atoms with E-state index in [9.17, 15) is 0 Å². The van der Waals surface area contributed by atoms with Crippen LogP contribution in [0.2, 0.25) is 0 Å². The Hall–Kier alpha value is -1.48. The van der Waals surface area contributed by atoms with Crippen LogP contribution < -0.4 is 10.2 Å². The second-order valence-electron chi connectivity index (χ2n) is 4.60. The van der Waals surface area contributed by atoms with Gasteiger partial charge in [0.15, 0.2) is 0 Å². The highest BCUT2D eigenvalue weighted by Crippen LogP contribution is 2.20. The van der Waals surface area contributed by atoms with Crippen LogP contribution in [0.5, 0.6) is 0 Å². The smallest absolute Gasteiger partial charge is 0.0496 e. The third-order valence-electron chi connectivity index (χ3n) is 3.42. The average Bonchev–Trinajstić information content (AvgIpc) is 2.85. The van der Waals surface area contributed by atoms with E-state index in [4.69, 9.17) is 0 Å². The molecule has 3 heteroatoms. The minimum absolute atomic E-state index is 0.911. The molecule has 0 amide bonds. The molecule has 102 valence electrons. The van der Waals surface area contributed by atoms with Crippen LogP contribution in [-0.4, -0.2) is 13.1 Å². The zero-order valence-corrected chi connectivity index (χ0v) is 12.8. The molecule has 0 saturated carbocycles. The Morgan fingerprint density at radius 2 is 1.74 bits per heavy atom. The Labute approximate surface area is 120 Å². The third kappa shape index (κ3) is 3.51. The van der Waals surface area contributed by atoms with Crippen molar-refractivity contribution < 1.29 is 0 Å². The molecule has 0 unspecified atom stereocenters. The molecule has 0 radical (unpaired) electrons. The number of nitrogens with zero attached hydrogens (tertiary/aromatic N) is 1. The largest absolute Gasteiger partial charge is 0.380 e. The molecular formula is C16H22N2S. The summed E-state index contributed by atoms with van der Waals surface area (Å²) in [6.45, 7) is 9.56. The Kier molecular flexibility index (Phi) is 4.86. The SMILES string of the molecule is CCN(CC)c1ccc(NCc2sccc2C)cc1. The van der Waals surface area contributed by atoms with Gasteiger partial charge in [-0.1, -0.05) is 0 Å². The first-order chi connectivity index (χ1) is 9.24. The maximum Gasteiger partial charge on any atom is 0.0496 e. The van der Waals surface area contributed by atoms with Crippen molar-refractivity contribution in [2.45, 2.75) is 27.3 Å². The minimum Gasteiger partial charge on any atom is -0.380 e. The lowest BCUT2D eigenvalue weighted by Gasteiger charge is -2.21. The van der Waals surface area contributed by atoms with Gasteiger partial charge in [0.1, 0.15) is 0 Å². The van der Waals surface area contributed by atoms with E-state index in [-0.39, 0.29) is 0 Å². The van der Waals surface area contributed by atoms with E-state index in [1.54, 1.807) is 0 Å². The molecule has 0 atom stereocenters. The molecular weight excluding hydrogens is 252 g/mol. The van der Waals surface area contributed by atoms with E-state index in [2.05, 4.69) is 66.7 Å².